The van der Waals surface area contributed by atoms with Crippen LogP contribution in [0.3, 0.4) is 0 Å². The molecule has 0 aromatic heterocycles. The zero-order valence-corrected chi connectivity index (χ0v) is 9.95. The third kappa shape index (κ3) is 6.53. The predicted octanol–water partition coefficient (Wildman–Crippen LogP) is 1.53. The van der Waals surface area contributed by atoms with Gasteiger partial charge in [-0.1, -0.05) is 0 Å². The molecule has 2 rings (SSSR count). The standard InChI is InChI=1S/C11H17F3O4/c12-11(13,14)2-1-8(16-6-10-7-18-10)3-15-4-9-5-17-9/h8-10H,1-7H2. The minimum Gasteiger partial charge on any atom is -0.376 e. The van der Waals surface area contributed by atoms with Crippen molar-refractivity contribution in [3.63, 3.8) is 0 Å². The number of ether oxygens (including phenoxy) is 4. The highest BCUT2D eigenvalue weighted by Crippen LogP contribution is 2.24. The SMILES string of the molecule is FC(F)(F)CCC(COCC1CO1)OCC1CO1. The molecule has 0 spiro atoms. The van der Waals surface area contributed by atoms with Gasteiger partial charge in [-0.15, -0.1) is 0 Å². The minimum absolute atomic E-state index is 0.0464. The highest BCUT2D eigenvalue weighted by atomic mass is 19.4. The molecule has 0 radical (unpaired) electrons. The van der Waals surface area contributed by atoms with Crippen molar-refractivity contribution >= 4 is 0 Å². The number of hydrogen-bond acceptors (Lipinski definition) is 4. The molecule has 7 heteroatoms. The number of halogens is 3. The lowest BCUT2D eigenvalue weighted by Crippen LogP contribution is -2.25. The first-order chi connectivity index (χ1) is 8.53. The Labute approximate surface area is 103 Å². The topological polar surface area (TPSA) is 43.5 Å². The molecule has 2 aliphatic heterocycles. The van der Waals surface area contributed by atoms with Crippen LogP contribution in [-0.4, -0.2) is 57.5 Å². The van der Waals surface area contributed by atoms with Crippen LogP contribution in [0.1, 0.15) is 12.8 Å². The summed E-state index contributed by atoms with van der Waals surface area (Å²) >= 11 is 0. The van der Waals surface area contributed by atoms with Crippen LogP contribution in [0.5, 0.6) is 0 Å². The van der Waals surface area contributed by atoms with E-state index in [0.717, 1.165) is 0 Å². The van der Waals surface area contributed by atoms with Crippen molar-refractivity contribution in [2.24, 2.45) is 0 Å². The van der Waals surface area contributed by atoms with Gasteiger partial charge in [0, 0.05) is 6.42 Å². The number of rotatable bonds is 9. The maximum Gasteiger partial charge on any atom is 0.389 e. The van der Waals surface area contributed by atoms with E-state index in [2.05, 4.69) is 0 Å². The molecular weight excluding hydrogens is 253 g/mol. The van der Waals surface area contributed by atoms with Gasteiger partial charge < -0.3 is 18.9 Å². The molecule has 3 atom stereocenters. The predicted molar refractivity (Wildman–Crippen MR) is 55.3 cm³/mol. The Bertz CT molecular complexity index is 251. The van der Waals surface area contributed by atoms with Gasteiger partial charge in [-0.2, -0.15) is 13.2 Å². The van der Waals surface area contributed by atoms with E-state index in [9.17, 15) is 13.2 Å². The third-order valence-corrected chi connectivity index (χ3v) is 2.68. The van der Waals surface area contributed by atoms with E-state index in [-0.39, 0.29) is 25.2 Å². The number of alkyl halides is 3. The van der Waals surface area contributed by atoms with Crippen molar-refractivity contribution in [3.8, 4) is 0 Å². The van der Waals surface area contributed by atoms with Crippen LogP contribution in [0.2, 0.25) is 0 Å². The van der Waals surface area contributed by atoms with Gasteiger partial charge in [0.1, 0.15) is 12.2 Å². The normalized spacial score (nSPS) is 28.2. The lowest BCUT2D eigenvalue weighted by molar-refractivity contribution is -0.145. The maximum atomic E-state index is 12.1. The quantitative estimate of drug-likeness (QED) is 0.596. The van der Waals surface area contributed by atoms with Gasteiger partial charge >= 0.3 is 6.18 Å². The second-order valence-corrected chi connectivity index (χ2v) is 4.56. The fourth-order valence-electron chi connectivity index (χ4n) is 1.44. The molecular formula is C11H17F3O4. The van der Waals surface area contributed by atoms with Crippen LogP contribution < -0.4 is 0 Å². The van der Waals surface area contributed by atoms with Crippen LogP contribution in [0.15, 0.2) is 0 Å². The highest BCUT2D eigenvalue weighted by molar-refractivity contribution is 4.71. The first-order valence-corrected chi connectivity index (χ1v) is 6.02. The Morgan fingerprint density at radius 2 is 1.72 bits per heavy atom. The summed E-state index contributed by atoms with van der Waals surface area (Å²) in [5, 5.41) is 0. The molecule has 2 aliphatic rings. The van der Waals surface area contributed by atoms with E-state index >= 15 is 0 Å². The van der Waals surface area contributed by atoms with Crippen molar-refractivity contribution in [1.82, 2.24) is 0 Å². The van der Waals surface area contributed by atoms with E-state index in [1.165, 1.54) is 0 Å². The van der Waals surface area contributed by atoms with E-state index < -0.39 is 18.7 Å². The van der Waals surface area contributed by atoms with Crippen molar-refractivity contribution in [1.29, 1.82) is 0 Å². The first kappa shape index (κ1) is 14.0. The fraction of sp³-hybridized carbons (Fsp3) is 1.00. The van der Waals surface area contributed by atoms with E-state index in [4.69, 9.17) is 18.9 Å². The average molecular weight is 270 g/mol. The monoisotopic (exact) mass is 270 g/mol. The van der Waals surface area contributed by atoms with Crippen molar-refractivity contribution in [2.75, 3.05) is 33.0 Å². The second-order valence-electron chi connectivity index (χ2n) is 4.56. The summed E-state index contributed by atoms with van der Waals surface area (Å²) in [6.07, 6.45) is -5.47. The Morgan fingerprint density at radius 1 is 1.11 bits per heavy atom. The summed E-state index contributed by atoms with van der Waals surface area (Å²) < 4.78 is 57.0. The number of hydrogen-bond donors (Lipinski definition) is 0. The van der Waals surface area contributed by atoms with E-state index in [0.29, 0.717) is 26.4 Å². The van der Waals surface area contributed by atoms with Gasteiger partial charge in [0.05, 0.1) is 39.1 Å². The van der Waals surface area contributed by atoms with Gasteiger partial charge in [-0.25, -0.2) is 0 Å². The molecule has 2 saturated heterocycles. The first-order valence-electron chi connectivity index (χ1n) is 6.02. The van der Waals surface area contributed by atoms with Crippen molar-refractivity contribution < 1.29 is 32.1 Å². The summed E-state index contributed by atoms with van der Waals surface area (Å²) in [4.78, 5) is 0. The van der Waals surface area contributed by atoms with E-state index in [1.807, 2.05) is 0 Å². The Balaban J connectivity index is 1.62. The maximum absolute atomic E-state index is 12.1. The van der Waals surface area contributed by atoms with Crippen LogP contribution in [0.25, 0.3) is 0 Å². The largest absolute Gasteiger partial charge is 0.389 e. The summed E-state index contributed by atoms with van der Waals surface area (Å²) in [6.45, 7) is 2.23. The number of epoxide rings is 2. The lowest BCUT2D eigenvalue weighted by atomic mass is 10.2. The lowest BCUT2D eigenvalue weighted by Gasteiger charge is -2.18. The summed E-state index contributed by atoms with van der Waals surface area (Å²) in [6, 6.07) is 0. The van der Waals surface area contributed by atoms with Gasteiger partial charge in [-0.3, -0.25) is 0 Å². The Hall–Kier alpha value is -0.370. The van der Waals surface area contributed by atoms with Crippen molar-refractivity contribution in [2.45, 2.75) is 37.3 Å². The zero-order chi connectivity index (χ0) is 13.0. The molecule has 0 aromatic rings. The molecule has 106 valence electrons. The molecule has 0 aromatic carbocycles. The average Bonchev–Trinajstić information content (AvgIpc) is 3.12. The molecule has 0 bridgehead atoms. The summed E-state index contributed by atoms with van der Waals surface area (Å²) in [7, 11) is 0. The molecule has 0 amide bonds. The molecule has 2 fully saturated rings. The van der Waals surface area contributed by atoms with Gasteiger partial charge in [0.2, 0.25) is 0 Å². The third-order valence-electron chi connectivity index (χ3n) is 2.68. The second kappa shape index (κ2) is 6.18. The van der Waals surface area contributed by atoms with Crippen LogP contribution in [-0.2, 0) is 18.9 Å². The van der Waals surface area contributed by atoms with Crippen LogP contribution in [0, 0.1) is 0 Å². The molecule has 0 N–H and O–H groups in total. The van der Waals surface area contributed by atoms with E-state index in [1.54, 1.807) is 0 Å². The molecule has 2 heterocycles. The smallest absolute Gasteiger partial charge is 0.376 e. The zero-order valence-electron chi connectivity index (χ0n) is 9.95. The highest BCUT2D eigenvalue weighted by Gasteiger charge is 2.30. The van der Waals surface area contributed by atoms with Crippen LogP contribution in [0.4, 0.5) is 13.2 Å². The van der Waals surface area contributed by atoms with Gasteiger partial charge in [0.15, 0.2) is 0 Å². The van der Waals surface area contributed by atoms with Crippen LogP contribution >= 0.6 is 0 Å². The Morgan fingerprint density at radius 3 is 2.28 bits per heavy atom. The molecule has 0 saturated carbocycles. The summed E-state index contributed by atoms with van der Waals surface area (Å²) in [5.74, 6) is 0. The van der Waals surface area contributed by atoms with Gasteiger partial charge in [-0.05, 0) is 6.42 Å². The summed E-state index contributed by atoms with van der Waals surface area (Å²) in [5.41, 5.74) is 0. The Kier molecular flexibility index (Phi) is 4.83. The molecule has 3 unspecified atom stereocenters. The molecule has 18 heavy (non-hydrogen) atoms. The fourth-order valence-corrected chi connectivity index (χ4v) is 1.44. The molecule has 4 nitrogen and oxygen atoms in total. The molecule has 0 aliphatic carbocycles. The van der Waals surface area contributed by atoms with Crippen molar-refractivity contribution in [3.05, 3.63) is 0 Å². The minimum atomic E-state index is -4.16. The van der Waals surface area contributed by atoms with Gasteiger partial charge in [0.25, 0.3) is 0 Å².